The molecule has 0 aromatic heterocycles. The Hall–Kier alpha value is -3.19. The predicted octanol–water partition coefficient (Wildman–Crippen LogP) is 3.76. The molecule has 34 heavy (non-hydrogen) atoms. The Morgan fingerprint density at radius 3 is 2.32 bits per heavy atom. The Labute approximate surface area is 201 Å². The summed E-state index contributed by atoms with van der Waals surface area (Å²) >= 11 is 0. The van der Waals surface area contributed by atoms with E-state index in [-0.39, 0.29) is 24.3 Å². The molecule has 0 saturated heterocycles. The lowest BCUT2D eigenvalue weighted by Gasteiger charge is -2.26. The molecule has 2 heterocycles. The minimum Gasteiger partial charge on any atom is -0.482 e. The van der Waals surface area contributed by atoms with Crippen molar-refractivity contribution in [1.29, 1.82) is 0 Å². The van der Waals surface area contributed by atoms with E-state index in [0.717, 1.165) is 63.2 Å². The van der Waals surface area contributed by atoms with Gasteiger partial charge in [-0.05, 0) is 81.6 Å². The summed E-state index contributed by atoms with van der Waals surface area (Å²) < 4.78 is 5.59. The number of carbonyl (C=O) groups excluding carboxylic acids is 3. The standard InChI is InChI=1S/C27H33N3O4/c1-3-14-29(16-8-17-30-26(32)21-10-4-5-11-22(21)27(30)33)15-7-6-9-20-12-13-23-24(18-20)34-19-25(31)28(23)2/h4-5,10-13,18H,3,6-9,14-17,19H2,1-2H3. The lowest BCUT2D eigenvalue weighted by atomic mass is 10.1. The van der Waals surface area contributed by atoms with Crippen molar-refractivity contribution in [2.45, 2.75) is 39.0 Å². The number of hydrogen-bond donors (Lipinski definition) is 0. The molecule has 0 aliphatic carbocycles. The molecule has 0 N–H and O–H groups in total. The van der Waals surface area contributed by atoms with Gasteiger partial charge in [-0.1, -0.05) is 25.1 Å². The SMILES string of the molecule is CCCN(CCCCc1ccc2c(c1)OCC(=O)N2C)CCCN1C(=O)c2ccccc2C1=O. The zero-order valence-corrected chi connectivity index (χ0v) is 20.1. The van der Waals surface area contributed by atoms with E-state index >= 15 is 0 Å². The summed E-state index contributed by atoms with van der Waals surface area (Å²) in [6.45, 7) is 5.60. The van der Waals surface area contributed by atoms with Gasteiger partial charge in [0.15, 0.2) is 6.61 Å². The van der Waals surface area contributed by atoms with Crippen molar-refractivity contribution in [3.05, 3.63) is 59.2 Å². The van der Waals surface area contributed by atoms with E-state index in [4.69, 9.17) is 4.74 Å². The molecule has 0 radical (unpaired) electrons. The number of anilines is 1. The molecule has 7 nitrogen and oxygen atoms in total. The van der Waals surface area contributed by atoms with Gasteiger partial charge in [-0.3, -0.25) is 19.3 Å². The van der Waals surface area contributed by atoms with Crippen molar-refractivity contribution >= 4 is 23.4 Å². The van der Waals surface area contributed by atoms with Crippen LogP contribution in [0.1, 0.15) is 58.9 Å². The van der Waals surface area contributed by atoms with E-state index in [9.17, 15) is 14.4 Å². The fourth-order valence-corrected chi connectivity index (χ4v) is 4.69. The molecule has 0 saturated carbocycles. The summed E-state index contributed by atoms with van der Waals surface area (Å²) in [5.41, 5.74) is 3.08. The third-order valence-corrected chi connectivity index (χ3v) is 6.57. The van der Waals surface area contributed by atoms with Gasteiger partial charge in [0, 0.05) is 13.6 Å². The molecule has 7 heteroatoms. The highest BCUT2D eigenvalue weighted by atomic mass is 16.5. The number of likely N-dealkylation sites (N-methyl/N-ethyl adjacent to an activating group) is 1. The third-order valence-electron chi connectivity index (χ3n) is 6.57. The van der Waals surface area contributed by atoms with Crippen LogP contribution in [0.15, 0.2) is 42.5 Å². The predicted molar refractivity (Wildman–Crippen MR) is 131 cm³/mol. The first kappa shape index (κ1) is 24.0. The second-order valence-electron chi connectivity index (χ2n) is 9.00. The first-order valence-electron chi connectivity index (χ1n) is 12.2. The van der Waals surface area contributed by atoms with Gasteiger partial charge in [0.05, 0.1) is 16.8 Å². The van der Waals surface area contributed by atoms with E-state index in [1.54, 1.807) is 36.2 Å². The number of amides is 3. The minimum absolute atomic E-state index is 0.0285. The highest BCUT2D eigenvalue weighted by molar-refractivity contribution is 6.21. The number of aryl methyl sites for hydroxylation is 1. The normalized spacial score (nSPS) is 15.1. The number of carbonyl (C=O) groups is 3. The van der Waals surface area contributed by atoms with Crippen LogP contribution in [0.2, 0.25) is 0 Å². The molecular formula is C27H33N3O4. The number of ether oxygens (including phenoxy) is 1. The molecule has 2 aromatic carbocycles. The van der Waals surface area contributed by atoms with Gasteiger partial charge >= 0.3 is 0 Å². The Bertz CT molecular complexity index is 1030. The highest BCUT2D eigenvalue weighted by Crippen LogP contribution is 2.32. The molecule has 3 amide bonds. The van der Waals surface area contributed by atoms with Crippen molar-refractivity contribution in [3.63, 3.8) is 0 Å². The van der Waals surface area contributed by atoms with Crippen molar-refractivity contribution in [2.75, 3.05) is 44.7 Å². The van der Waals surface area contributed by atoms with Crippen molar-refractivity contribution in [1.82, 2.24) is 9.80 Å². The average Bonchev–Trinajstić information content (AvgIpc) is 3.09. The van der Waals surface area contributed by atoms with E-state index in [1.165, 1.54) is 10.5 Å². The van der Waals surface area contributed by atoms with Crippen LogP contribution >= 0.6 is 0 Å². The van der Waals surface area contributed by atoms with Crippen molar-refractivity contribution in [3.8, 4) is 5.75 Å². The monoisotopic (exact) mass is 463 g/mol. The minimum atomic E-state index is -0.174. The summed E-state index contributed by atoms with van der Waals surface area (Å²) in [5, 5.41) is 0. The lowest BCUT2D eigenvalue weighted by Crippen LogP contribution is -2.35. The van der Waals surface area contributed by atoms with Crippen LogP contribution in [0.4, 0.5) is 5.69 Å². The topological polar surface area (TPSA) is 70.2 Å². The molecule has 2 aliphatic heterocycles. The number of imide groups is 1. The summed E-state index contributed by atoms with van der Waals surface area (Å²) in [7, 11) is 1.78. The highest BCUT2D eigenvalue weighted by Gasteiger charge is 2.34. The summed E-state index contributed by atoms with van der Waals surface area (Å²) in [6.07, 6.45) is 4.94. The average molecular weight is 464 g/mol. The van der Waals surface area contributed by atoms with Crippen LogP contribution in [0.3, 0.4) is 0 Å². The van der Waals surface area contributed by atoms with E-state index in [1.807, 2.05) is 12.1 Å². The molecule has 0 atom stereocenters. The molecule has 180 valence electrons. The maximum atomic E-state index is 12.5. The smallest absolute Gasteiger partial charge is 0.264 e. The van der Waals surface area contributed by atoms with E-state index in [0.29, 0.717) is 17.7 Å². The second-order valence-corrected chi connectivity index (χ2v) is 9.00. The van der Waals surface area contributed by atoms with E-state index < -0.39 is 0 Å². The van der Waals surface area contributed by atoms with Gasteiger partial charge in [0.25, 0.3) is 17.7 Å². The second kappa shape index (κ2) is 10.8. The molecule has 0 unspecified atom stereocenters. The lowest BCUT2D eigenvalue weighted by molar-refractivity contribution is -0.121. The number of benzene rings is 2. The van der Waals surface area contributed by atoms with Gasteiger partial charge in [-0.2, -0.15) is 0 Å². The van der Waals surface area contributed by atoms with Crippen molar-refractivity contribution in [2.24, 2.45) is 0 Å². The van der Waals surface area contributed by atoms with Gasteiger partial charge in [0.2, 0.25) is 0 Å². The van der Waals surface area contributed by atoms with Crippen LogP contribution in [0.5, 0.6) is 5.75 Å². The van der Waals surface area contributed by atoms with Gasteiger partial charge in [-0.15, -0.1) is 0 Å². The van der Waals surface area contributed by atoms with Crippen LogP contribution in [-0.2, 0) is 11.2 Å². The maximum absolute atomic E-state index is 12.5. The summed E-state index contributed by atoms with van der Waals surface area (Å²) in [5.74, 6) is 0.402. The third kappa shape index (κ3) is 5.14. The van der Waals surface area contributed by atoms with Gasteiger partial charge in [-0.25, -0.2) is 0 Å². The molecule has 4 rings (SSSR count). The number of hydrogen-bond acceptors (Lipinski definition) is 5. The number of nitrogens with zero attached hydrogens (tertiary/aromatic N) is 3. The Morgan fingerprint density at radius 1 is 0.912 bits per heavy atom. The Morgan fingerprint density at radius 2 is 1.62 bits per heavy atom. The number of rotatable bonds is 11. The van der Waals surface area contributed by atoms with Crippen molar-refractivity contribution < 1.29 is 19.1 Å². The number of fused-ring (bicyclic) bond motifs is 2. The number of unbranched alkanes of at least 4 members (excludes halogenated alkanes) is 1. The first-order chi connectivity index (χ1) is 16.5. The van der Waals surface area contributed by atoms with E-state index in [2.05, 4.69) is 17.9 Å². The Balaban J connectivity index is 1.21. The zero-order valence-electron chi connectivity index (χ0n) is 20.1. The van der Waals surface area contributed by atoms with Crippen LogP contribution in [0.25, 0.3) is 0 Å². The van der Waals surface area contributed by atoms with Gasteiger partial charge in [0.1, 0.15) is 5.75 Å². The molecule has 2 aromatic rings. The molecule has 2 aliphatic rings. The molecule has 0 fully saturated rings. The van der Waals surface area contributed by atoms with Crippen LogP contribution < -0.4 is 9.64 Å². The van der Waals surface area contributed by atoms with Crippen LogP contribution in [-0.4, -0.2) is 67.4 Å². The molecular weight excluding hydrogens is 430 g/mol. The fourth-order valence-electron chi connectivity index (χ4n) is 4.69. The zero-order chi connectivity index (χ0) is 24.1. The molecule has 0 spiro atoms. The first-order valence-corrected chi connectivity index (χ1v) is 12.2. The Kier molecular flexibility index (Phi) is 7.63. The van der Waals surface area contributed by atoms with Gasteiger partial charge < -0.3 is 14.5 Å². The summed E-state index contributed by atoms with van der Waals surface area (Å²) in [6, 6.07) is 13.1. The van der Waals surface area contributed by atoms with Crippen LogP contribution in [0, 0.1) is 0 Å². The largest absolute Gasteiger partial charge is 0.482 e. The maximum Gasteiger partial charge on any atom is 0.264 e. The quantitative estimate of drug-likeness (QED) is 0.375. The fraction of sp³-hybridized carbons (Fsp3) is 0.444. The summed E-state index contributed by atoms with van der Waals surface area (Å²) in [4.78, 5) is 42.3. The molecule has 0 bridgehead atoms.